The van der Waals surface area contributed by atoms with Gasteiger partial charge < -0.3 is 14.8 Å². The van der Waals surface area contributed by atoms with Crippen LogP contribution in [0, 0.1) is 0 Å². The third-order valence-electron chi connectivity index (χ3n) is 3.69. The molecule has 1 N–H and O–H groups in total. The van der Waals surface area contributed by atoms with Crippen molar-refractivity contribution in [3.63, 3.8) is 0 Å². The second-order valence-corrected chi connectivity index (χ2v) is 6.58. The normalized spacial score (nSPS) is 10.7. The molecule has 0 fully saturated rings. The molecular weight excluding hydrogens is 386 g/mol. The number of hydrogen-bond acceptors (Lipinski definition) is 5. The Morgan fingerprint density at radius 3 is 2.64 bits per heavy atom. The van der Waals surface area contributed by atoms with Gasteiger partial charge in [-0.15, -0.1) is 11.3 Å². The number of hydrogen-bond donors (Lipinski definition) is 1. The summed E-state index contributed by atoms with van der Waals surface area (Å²) in [5, 5.41) is 4.80. The number of carbonyl (C=O) groups excluding carboxylic acids is 1. The van der Waals surface area contributed by atoms with Crippen LogP contribution in [0.1, 0.15) is 12.8 Å². The van der Waals surface area contributed by atoms with Gasteiger partial charge in [0.15, 0.2) is 5.13 Å². The summed E-state index contributed by atoms with van der Waals surface area (Å²) in [6, 6.07) is 15.8. The Hall–Kier alpha value is -3.00. The topological polar surface area (TPSA) is 60.5 Å². The van der Waals surface area contributed by atoms with Crippen molar-refractivity contribution < 1.29 is 23.0 Å². The van der Waals surface area contributed by atoms with E-state index in [2.05, 4.69) is 15.0 Å². The highest BCUT2D eigenvalue weighted by Crippen LogP contribution is 2.33. The number of rotatable bonds is 9. The van der Waals surface area contributed by atoms with Gasteiger partial charge in [-0.1, -0.05) is 30.3 Å². The van der Waals surface area contributed by atoms with Crippen molar-refractivity contribution in [1.29, 1.82) is 0 Å². The predicted octanol–water partition coefficient (Wildman–Crippen LogP) is 5.21. The van der Waals surface area contributed by atoms with Crippen LogP contribution in [0.25, 0.3) is 11.3 Å². The van der Waals surface area contributed by atoms with Crippen molar-refractivity contribution in [1.82, 2.24) is 4.98 Å². The van der Waals surface area contributed by atoms with Crippen LogP contribution in [0.4, 0.5) is 13.9 Å². The van der Waals surface area contributed by atoms with Gasteiger partial charge in [-0.05, 0) is 30.7 Å². The number of amides is 1. The van der Waals surface area contributed by atoms with Crippen LogP contribution in [0.2, 0.25) is 0 Å². The molecule has 1 amide bonds. The SMILES string of the molecule is O=C(CCCOc1ccccc1)Nc1nc(-c2ccccc2OC(F)F)cs1. The summed E-state index contributed by atoms with van der Waals surface area (Å²) in [4.78, 5) is 16.4. The van der Waals surface area contributed by atoms with Crippen molar-refractivity contribution >= 4 is 22.4 Å². The maximum Gasteiger partial charge on any atom is 0.387 e. The fourth-order valence-electron chi connectivity index (χ4n) is 2.45. The molecule has 2 aromatic carbocycles. The number of alkyl halides is 2. The Morgan fingerprint density at radius 2 is 1.86 bits per heavy atom. The fraction of sp³-hybridized carbons (Fsp3) is 0.200. The molecule has 0 aliphatic heterocycles. The first-order chi connectivity index (χ1) is 13.6. The lowest BCUT2D eigenvalue weighted by molar-refractivity contribution is -0.116. The molecule has 5 nitrogen and oxygen atoms in total. The van der Waals surface area contributed by atoms with E-state index in [9.17, 15) is 13.6 Å². The average molecular weight is 404 g/mol. The fourth-order valence-corrected chi connectivity index (χ4v) is 3.18. The van der Waals surface area contributed by atoms with Crippen LogP contribution in [0.15, 0.2) is 60.0 Å². The standard InChI is InChI=1S/C20H18F2N2O3S/c21-19(22)27-17-10-5-4-9-15(17)16-13-28-20(23-16)24-18(25)11-6-12-26-14-7-2-1-3-8-14/h1-5,7-10,13,19H,6,11-12H2,(H,23,24,25). The smallest absolute Gasteiger partial charge is 0.387 e. The minimum atomic E-state index is -2.92. The number of thiazole rings is 1. The molecule has 0 bridgehead atoms. The van der Waals surface area contributed by atoms with Crippen molar-refractivity contribution in [2.75, 3.05) is 11.9 Å². The lowest BCUT2D eigenvalue weighted by Gasteiger charge is -2.08. The van der Waals surface area contributed by atoms with Crippen LogP contribution in [0.3, 0.4) is 0 Å². The Balaban J connectivity index is 1.51. The highest BCUT2D eigenvalue weighted by Gasteiger charge is 2.14. The van der Waals surface area contributed by atoms with E-state index in [1.54, 1.807) is 23.6 Å². The molecule has 146 valence electrons. The van der Waals surface area contributed by atoms with Gasteiger partial charge in [0, 0.05) is 17.4 Å². The van der Waals surface area contributed by atoms with E-state index in [0.717, 1.165) is 5.75 Å². The molecule has 0 unspecified atom stereocenters. The molecule has 0 saturated heterocycles. The van der Waals surface area contributed by atoms with Crippen molar-refractivity contribution in [2.45, 2.75) is 19.5 Å². The Labute approximate surface area is 164 Å². The minimum Gasteiger partial charge on any atom is -0.494 e. The zero-order chi connectivity index (χ0) is 19.8. The zero-order valence-electron chi connectivity index (χ0n) is 14.8. The van der Waals surface area contributed by atoms with E-state index in [-0.39, 0.29) is 18.1 Å². The predicted molar refractivity (Wildman–Crippen MR) is 104 cm³/mol. The average Bonchev–Trinajstić information content (AvgIpc) is 3.14. The van der Waals surface area contributed by atoms with E-state index in [1.165, 1.54) is 17.4 Å². The van der Waals surface area contributed by atoms with Gasteiger partial charge in [0.05, 0.1) is 12.3 Å². The summed E-state index contributed by atoms with van der Waals surface area (Å²) in [6.07, 6.45) is 0.844. The molecule has 3 aromatic rings. The number of carbonyl (C=O) groups is 1. The van der Waals surface area contributed by atoms with Gasteiger partial charge >= 0.3 is 6.61 Å². The Bertz CT molecular complexity index is 903. The monoisotopic (exact) mass is 404 g/mol. The molecule has 0 saturated carbocycles. The van der Waals surface area contributed by atoms with Crippen molar-refractivity contribution in [2.24, 2.45) is 0 Å². The van der Waals surface area contributed by atoms with Gasteiger partial charge in [0.25, 0.3) is 0 Å². The zero-order valence-corrected chi connectivity index (χ0v) is 15.6. The van der Waals surface area contributed by atoms with Crippen LogP contribution in [-0.2, 0) is 4.79 Å². The number of nitrogens with one attached hydrogen (secondary N) is 1. The molecular formula is C20H18F2N2O3S. The Morgan fingerprint density at radius 1 is 1.11 bits per heavy atom. The van der Waals surface area contributed by atoms with Gasteiger partial charge in [0.2, 0.25) is 5.91 Å². The van der Waals surface area contributed by atoms with Gasteiger partial charge in [-0.3, -0.25) is 4.79 Å². The summed E-state index contributed by atoms with van der Waals surface area (Å²) in [6.45, 7) is -2.49. The molecule has 0 spiro atoms. The summed E-state index contributed by atoms with van der Waals surface area (Å²) in [5.41, 5.74) is 0.903. The summed E-state index contributed by atoms with van der Waals surface area (Å²) in [7, 11) is 0. The summed E-state index contributed by atoms with van der Waals surface area (Å²) >= 11 is 1.22. The van der Waals surface area contributed by atoms with E-state index >= 15 is 0 Å². The van der Waals surface area contributed by atoms with Crippen molar-refractivity contribution in [3.8, 4) is 22.8 Å². The van der Waals surface area contributed by atoms with Gasteiger partial charge in [-0.2, -0.15) is 8.78 Å². The molecule has 3 rings (SSSR count). The largest absolute Gasteiger partial charge is 0.494 e. The summed E-state index contributed by atoms with van der Waals surface area (Å²) < 4.78 is 35.2. The maximum absolute atomic E-state index is 12.5. The Kier molecular flexibility index (Phi) is 6.91. The highest BCUT2D eigenvalue weighted by atomic mass is 32.1. The minimum absolute atomic E-state index is 0.0405. The number of aromatic nitrogens is 1. The molecule has 1 aromatic heterocycles. The van der Waals surface area contributed by atoms with E-state index in [4.69, 9.17) is 4.74 Å². The van der Waals surface area contributed by atoms with E-state index in [1.807, 2.05) is 30.3 Å². The molecule has 0 aliphatic carbocycles. The molecule has 1 heterocycles. The maximum atomic E-state index is 12.5. The second-order valence-electron chi connectivity index (χ2n) is 5.73. The van der Waals surface area contributed by atoms with Gasteiger partial charge in [-0.25, -0.2) is 4.98 Å². The molecule has 28 heavy (non-hydrogen) atoms. The number of benzene rings is 2. The molecule has 8 heteroatoms. The number of anilines is 1. The third-order valence-corrected chi connectivity index (χ3v) is 4.45. The highest BCUT2D eigenvalue weighted by molar-refractivity contribution is 7.14. The number of halogens is 2. The lowest BCUT2D eigenvalue weighted by atomic mass is 10.1. The summed E-state index contributed by atoms with van der Waals surface area (Å²) in [5.74, 6) is 0.616. The quantitative estimate of drug-likeness (QED) is 0.498. The van der Waals surface area contributed by atoms with Crippen LogP contribution < -0.4 is 14.8 Å². The number of para-hydroxylation sites is 2. The van der Waals surface area contributed by atoms with E-state index in [0.29, 0.717) is 29.4 Å². The van der Waals surface area contributed by atoms with Crippen LogP contribution in [0.5, 0.6) is 11.5 Å². The lowest BCUT2D eigenvalue weighted by Crippen LogP contribution is -2.12. The number of ether oxygens (including phenoxy) is 2. The van der Waals surface area contributed by atoms with Crippen LogP contribution >= 0.6 is 11.3 Å². The molecule has 0 radical (unpaired) electrons. The first-order valence-corrected chi connectivity index (χ1v) is 9.47. The molecule has 0 atom stereocenters. The molecule has 0 aliphatic rings. The third kappa shape index (κ3) is 5.75. The van der Waals surface area contributed by atoms with E-state index < -0.39 is 6.61 Å². The van der Waals surface area contributed by atoms with Gasteiger partial charge in [0.1, 0.15) is 11.5 Å². The van der Waals surface area contributed by atoms with Crippen LogP contribution in [-0.4, -0.2) is 24.1 Å². The first-order valence-electron chi connectivity index (χ1n) is 8.59. The first kappa shape index (κ1) is 19.8. The number of nitrogens with zero attached hydrogens (tertiary/aromatic N) is 1. The second kappa shape index (κ2) is 9.80. The van der Waals surface area contributed by atoms with Crippen molar-refractivity contribution in [3.05, 3.63) is 60.0 Å².